The van der Waals surface area contributed by atoms with E-state index in [1.165, 1.54) is 27.1 Å². The van der Waals surface area contributed by atoms with E-state index in [-0.39, 0.29) is 17.4 Å². The molecule has 3 unspecified atom stereocenters. The number of aromatic nitrogens is 4. The lowest BCUT2D eigenvalue weighted by Crippen LogP contribution is -2.48. The van der Waals surface area contributed by atoms with Gasteiger partial charge in [-0.25, -0.2) is 4.52 Å². The Hall–Kier alpha value is -2.56. The lowest BCUT2D eigenvalue weighted by atomic mass is 9.92. The summed E-state index contributed by atoms with van der Waals surface area (Å²) in [7, 11) is 0. The maximum absolute atomic E-state index is 12.9. The predicted molar refractivity (Wildman–Crippen MR) is 112 cm³/mol. The minimum absolute atomic E-state index is 0.0613. The molecule has 3 aromatic rings. The molecule has 11 heteroatoms. The highest BCUT2D eigenvalue weighted by Crippen LogP contribution is 2.41. The summed E-state index contributed by atoms with van der Waals surface area (Å²) in [5, 5.41) is 9.09. The van der Waals surface area contributed by atoms with Crippen LogP contribution in [-0.2, 0) is 0 Å². The average Bonchev–Trinajstić information content (AvgIpc) is 3.38. The molecular weight excluding hydrogens is 429 g/mol. The highest BCUT2D eigenvalue weighted by molar-refractivity contribution is 7.10. The summed E-state index contributed by atoms with van der Waals surface area (Å²) < 4.78 is 49.7. The molecule has 1 aliphatic carbocycles. The highest BCUT2D eigenvalue weighted by Gasteiger charge is 2.43. The minimum Gasteiger partial charge on any atom is -0.477 e. The van der Waals surface area contributed by atoms with Gasteiger partial charge < -0.3 is 15.0 Å². The van der Waals surface area contributed by atoms with Crippen molar-refractivity contribution in [1.82, 2.24) is 19.0 Å². The Bertz CT molecular complexity index is 1070. The number of hydrogen-bond donors (Lipinski definition) is 1. The first-order chi connectivity index (χ1) is 14.8. The highest BCUT2D eigenvalue weighted by atomic mass is 32.1. The molecule has 0 spiro atoms. The van der Waals surface area contributed by atoms with Crippen LogP contribution in [0.2, 0.25) is 0 Å². The largest absolute Gasteiger partial charge is 0.477 e. The average molecular weight is 453 g/mol. The number of hydrogen-bond acceptors (Lipinski definition) is 7. The Morgan fingerprint density at radius 1 is 1.26 bits per heavy atom. The third-order valence-corrected chi connectivity index (χ3v) is 7.09. The summed E-state index contributed by atoms with van der Waals surface area (Å²) in [6.45, 7) is 4.88. The van der Waals surface area contributed by atoms with Gasteiger partial charge in [-0.2, -0.15) is 22.5 Å². The van der Waals surface area contributed by atoms with Crippen LogP contribution in [-0.4, -0.2) is 50.4 Å². The molecule has 4 heterocycles. The maximum atomic E-state index is 12.9. The summed E-state index contributed by atoms with van der Waals surface area (Å²) in [6, 6.07) is 5.45. The van der Waals surface area contributed by atoms with Crippen LogP contribution in [0.1, 0.15) is 25.5 Å². The van der Waals surface area contributed by atoms with E-state index in [1.807, 2.05) is 6.92 Å². The second-order valence-electron chi connectivity index (χ2n) is 8.36. The fourth-order valence-electron chi connectivity index (χ4n) is 4.58. The standard InChI is InChI=1S/C20H23F3N6OS/c1-11-8-16(31-27-11)28-9-13-5-6-14(10-28)17(13)24-19-25-18-15(4-3-7-29(18)26-19)30-12(2)20(21,22)23/h3-4,7-8,12-14,17H,5-6,9-10H2,1-2H3,(H,24,26)/t12?,13-,14?,17?/m0/s1. The number of aryl methyl sites for hydroxylation is 1. The molecule has 0 amide bonds. The molecule has 2 bridgehead atoms. The number of fused-ring (bicyclic) bond motifs is 3. The summed E-state index contributed by atoms with van der Waals surface area (Å²) in [5.41, 5.74) is 1.31. The number of pyridine rings is 1. The summed E-state index contributed by atoms with van der Waals surface area (Å²) in [6.07, 6.45) is -2.47. The Balaban J connectivity index is 1.33. The zero-order valence-corrected chi connectivity index (χ0v) is 18.0. The number of piperidine rings is 1. The van der Waals surface area contributed by atoms with E-state index < -0.39 is 12.3 Å². The van der Waals surface area contributed by atoms with Gasteiger partial charge in [-0.3, -0.25) is 0 Å². The first-order valence-corrected chi connectivity index (χ1v) is 11.1. The quantitative estimate of drug-likeness (QED) is 0.627. The van der Waals surface area contributed by atoms with Gasteiger partial charge in [0.1, 0.15) is 5.00 Å². The first-order valence-electron chi connectivity index (χ1n) is 10.3. The van der Waals surface area contributed by atoms with Gasteiger partial charge in [0, 0.05) is 25.3 Å². The van der Waals surface area contributed by atoms with Gasteiger partial charge in [-0.1, -0.05) is 0 Å². The Kier molecular flexibility index (Phi) is 4.95. The molecule has 3 aromatic heterocycles. The Morgan fingerprint density at radius 2 is 2.00 bits per heavy atom. The third kappa shape index (κ3) is 3.90. The number of nitrogens with zero attached hydrogens (tertiary/aromatic N) is 5. The van der Waals surface area contributed by atoms with Crippen LogP contribution in [0.5, 0.6) is 5.75 Å². The second-order valence-corrected chi connectivity index (χ2v) is 9.14. The number of nitrogens with one attached hydrogen (secondary N) is 1. The van der Waals surface area contributed by atoms with Crippen molar-refractivity contribution >= 4 is 28.1 Å². The molecule has 1 aliphatic heterocycles. The van der Waals surface area contributed by atoms with Crippen LogP contribution in [0.15, 0.2) is 24.4 Å². The Morgan fingerprint density at radius 3 is 2.65 bits per heavy atom. The monoisotopic (exact) mass is 452 g/mol. The van der Waals surface area contributed by atoms with Crippen molar-refractivity contribution < 1.29 is 17.9 Å². The van der Waals surface area contributed by atoms with Crippen molar-refractivity contribution in [1.29, 1.82) is 0 Å². The fraction of sp³-hybridized carbons (Fsp3) is 0.550. The number of alkyl halides is 3. The lowest BCUT2D eigenvalue weighted by Gasteiger charge is -2.38. The Labute approximate surface area is 181 Å². The van der Waals surface area contributed by atoms with Crippen LogP contribution in [0.3, 0.4) is 0 Å². The lowest BCUT2D eigenvalue weighted by molar-refractivity contribution is -0.189. The summed E-state index contributed by atoms with van der Waals surface area (Å²) in [4.78, 5) is 6.86. The molecule has 2 fully saturated rings. The van der Waals surface area contributed by atoms with Crippen molar-refractivity contribution in [2.75, 3.05) is 23.3 Å². The molecule has 5 rings (SSSR count). The molecule has 0 aromatic carbocycles. The topological polar surface area (TPSA) is 67.6 Å². The normalized spacial score (nSPS) is 24.5. The molecule has 166 valence electrons. The van der Waals surface area contributed by atoms with Gasteiger partial charge in [0.25, 0.3) is 0 Å². The van der Waals surface area contributed by atoms with Crippen molar-refractivity contribution in [3.63, 3.8) is 0 Å². The first kappa shape index (κ1) is 20.3. The van der Waals surface area contributed by atoms with E-state index in [9.17, 15) is 13.2 Å². The second kappa shape index (κ2) is 7.54. The van der Waals surface area contributed by atoms with E-state index in [1.54, 1.807) is 12.3 Å². The van der Waals surface area contributed by atoms with E-state index in [0.717, 1.165) is 38.5 Å². The van der Waals surface area contributed by atoms with Gasteiger partial charge in [-0.05, 0) is 68.3 Å². The van der Waals surface area contributed by atoms with Gasteiger partial charge in [-0.15, -0.1) is 5.10 Å². The zero-order valence-electron chi connectivity index (χ0n) is 17.1. The third-order valence-electron chi connectivity index (χ3n) is 6.15. The molecule has 4 atom stereocenters. The van der Waals surface area contributed by atoms with Gasteiger partial charge >= 0.3 is 6.18 Å². The van der Waals surface area contributed by atoms with Crippen molar-refractivity contribution in [2.45, 2.75) is 45.0 Å². The molecule has 0 radical (unpaired) electrons. The van der Waals surface area contributed by atoms with E-state index in [2.05, 4.69) is 30.7 Å². The number of halogens is 3. The zero-order chi connectivity index (χ0) is 21.8. The van der Waals surface area contributed by atoms with Crippen LogP contribution in [0.4, 0.5) is 24.1 Å². The van der Waals surface area contributed by atoms with E-state index >= 15 is 0 Å². The predicted octanol–water partition coefficient (Wildman–Crippen LogP) is 4.15. The minimum atomic E-state index is -4.45. The number of anilines is 2. The molecule has 1 saturated heterocycles. The van der Waals surface area contributed by atoms with Crippen LogP contribution in [0.25, 0.3) is 5.65 Å². The summed E-state index contributed by atoms with van der Waals surface area (Å²) in [5.74, 6) is 1.38. The fourth-order valence-corrected chi connectivity index (χ4v) is 5.36. The molecule has 1 saturated carbocycles. The van der Waals surface area contributed by atoms with Gasteiger partial charge in [0.15, 0.2) is 17.5 Å². The maximum Gasteiger partial charge on any atom is 0.425 e. The summed E-state index contributed by atoms with van der Waals surface area (Å²) >= 11 is 1.54. The number of ether oxygens (including phenoxy) is 1. The molecule has 31 heavy (non-hydrogen) atoms. The van der Waals surface area contributed by atoms with Crippen LogP contribution >= 0.6 is 11.5 Å². The van der Waals surface area contributed by atoms with Crippen molar-refractivity contribution in [3.05, 3.63) is 30.1 Å². The van der Waals surface area contributed by atoms with Gasteiger partial charge in [0.05, 0.1) is 5.69 Å². The molecule has 7 nitrogen and oxygen atoms in total. The smallest absolute Gasteiger partial charge is 0.425 e. The van der Waals surface area contributed by atoms with E-state index in [0.29, 0.717) is 17.8 Å². The SMILES string of the molecule is Cc1cc(N2CC3CC[C@@H](C2)C3Nc2nc3c(OC(C)C(F)(F)F)cccn3n2)sn1. The molecule has 1 N–H and O–H groups in total. The van der Waals surface area contributed by atoms with Crippen LogP contribution < -0.4 is 15.0 Å². The van der Waals surface area contributed by atoms with Crippen LogP contribution in [0, 0.1) is 18.8 Å². The van der Waals surface area contributed by atoms with Crippen molar-refractivity contribution in [2.24, 2.45) is 11.8 Å². The number of rotatable bonds is 5. The van der Waals surface area contributed by atoms with E-state index in [4.69, 9.17) is 4.74 Å². The molecule has 2 aliphatic rings. The molecular formula is C20H23F3N6OS. The van der Waals surface area contributed by atoms with Crippen molar-refractivity contribution in [3.8, 4) is 5.75 Å². The van der Waals surface area contributed by atoms with Gasteiger partial charge in [0.2, 0.25) is 5.95 Å².